The zero-order valence-electron chi connectivity index (χ0n) is 10.9. The van der Waals surface area contributed by atoms with Crippen LogP contribution in [0, 0.1) is 0 Å². The second-order valence-corrected chi connectivity index (χ2v) is 5.70. The van der Waals surface area contributed by atoms with E-state index in [1.165, 1.54) is 11.3 Å². The standard InChI is InChI=1S/C15H15Cl2N3/c16-14-7-6-10(15(17)19-14)9-20-8-2-3-11-12(18)4-1-5-13(11)20/h1,4-7H,2-3,8-9,18H2. The van der Waals surface area contributed by atoms with Crippen LogP contribution >= 0.6 is 23.2 Å². The van der Waals surface area contributed by atoms with Gasteiger partial charge in [0.25, 0.3) is 0 Å². The maximum absolute atomic E-state index is 6.16. The van der Waals surface area contributed by atoms with E-state index in [0.717, 1.165) is 37.2 Å². The highest BCUT2D eigenvalue weighted by molar-refractivity contribution is 6.32. The van der Waals surface area contributed by atoms with E-state index in [-0.39, 0.29) is 0 Å². The molecule has 0 bridgehead atoms. The minimum absolute atomic E-state index is 0.419. The largest absolute Gasteiger partial charge is 0.398 e. The van der Waals surface area contributed by atoms with Gasteiger partial charge in [-0.2, -0.15) is 0 Å². The van der Waals surface area contributed by atoms with Crippen LogP contribution in [0.2, 0.25) is 10.3 Å². The third-order valence-electron chi connectivity index (χ3n) is 3.64. The van der Waals surface area contributed by atoms with E-state index < -0.39 is 0 Å². The third kappa shape index (κ3) is 2.56. The lowest BCUT2D eigenvalue weighted by Gasteiger charge is -2.32. The molecular weight excluding hydrogens is 293 g/mol. The maximum atomic E-state index is 6.16. The van der Waals surface area contributed by atoms with Crippen molar-refractivity contribution in [1.29, 1.82) is 0 Å². The molecule has 1 aromatic carbocycles. The summed E-state index contributed by atoms with van der Waals surface area (Å²) in [6, 6.07) is 9.76. The van der Waals surface area contributed by atoms with Crippen LogP contribution in [0.25, 0.3) is 0 Å². The van der Waals surface area contributed by atoms with Crippen molar-refractivity contribution in [2.24, 2.45) is 0 Å². The molecule has 1 aliphatic heterocycles. The normalized spacial score (nSPS) is 14.2. The zero-order chi connectivity index (χ0) is 14.1. The molecule has 2 N–H and O–H groups in total. The van der Waals surface area contributed by atoms with Crippen LogP contribution in [0.1, 0.15) is 17.5 Å². The summed E-state index contributed by atoms with van der Waals surface area (Å²) in [5.41, 5.74) is 10.3. The molecule has 0 saturated heterocycles. The van der Waals surface area contributed by atoms with E-state index in [1.54, 1.807) is 6.07 Å². The molecule has 20 heavy (non-hydrogen) atoms. The first-order valence-corrected chi connectivity index (χ1v) is 7.34. The molecule has 0 unspecified atom stereocenters. The Hall–Kier alpha value is -1.45. The predicted molar refractivity (Wildman–Crippen MR) is 84.5 cm³/mol. The second kappa shape index (κ2) is 5.51. The van der Waals surface area contributed by atoms with Gasteiger partial charge in [-0.25, -0.2) is 4.98 Å². The van der Waals surface area contributed by atoms with Gasteiger partial charge in [0.1, 0.15) is 10.3 Å². The molecule has 3 rings (SSSR count). The molecular formula is C15H15Cl2N3. The van der Waals surface area contributed by atoms with Crippen molar-refractivity contribution in [2.75, 3.05) is 17.2 Å². The fourth-order valence-electron chi connectivity index (χ4n) is 2.66. The highest BCUT2D eigenvalue weighted by Gasteiger charge is 2.19. The van der Waals surface area contributed by atoms with Gasteiger partial charge in [-0.3, -0.25) is 0 Å². The average Bonchev–Trinajstić information content (AvgIpc) is 2.43. The fraction of sp³-hybridized carbons (Fsp3) is 0.267. The highest BCUT2D eigenvalue weighted by Crippen LogP contribution is 2.33. The molecule has 1 aromatic heterocycles. The summed E-state index contributed by atoms with van der Waals surface area (Å²) in [6.45, 7) is 1.72. The van der Waals surface area contributed by atoms with E-state index in [2.05, 4.69) is 16.0 Å². The Balaban J connectivity index is 1.91. The average molecular weight is 308 g/mol. The lowest BCUT2D eigenvalue weighted by Crippen LogP contribution is -2.29. The number of anilines is 2. The molecule has 1 aliphatic rings. The topological polar surface area (TPSA) is 42.1 Å². The van der Waals surface area contributed by atoms with Crippen molar-refractivity contribution in [3.8, 4) is 0 Å². The molecule has 2 aromatic rings. The monoisotopic (exact) mass is 307 g/mol. The van der Waals surface area contributed by atoms with Crippen LogP contribution in [0.3, 0.4) is 0 Å². The molecule has 0 radical (unpaired) electrons. The quantitative estimate of drug-likeness (QED) is 0.675. The van der Waals surface area contributed by atoms with Crippen LogP contribution in [-0.2, 0) is 13.0 Å². The van der Waals surface area contributed by atoms with Gasteiger partial charge in [0.15, 0.2) is 0 Å². The Morgan fingerprint density at radius 1 is 1.20 bits per heavy atom. The van der Waals surface area contributed by atoms with Gasteiger partial charge in [0.05, 0.1) is 0 Å². The Bertz CT molecular complexity index is 643. The molecule has 3 nitrogen and oxygen atoms in total. The summed E-state index contributed by atoms with van der Waals surface area (Å²) < 4.78 is 0. The summed E-state index contributed by atoms with van der Waals surface area (Å²) in [7, 11) is 0. The Labute approximate surface area is 128 Å². The first kappa shape index (κ1) is 13.5. The third-order valence-corrected chi connectivity index (χ3v) is 4.17. The summed E-state index contributed by atoms with van der Waals surface area (Å²) in [5, 5.41) is 0.885. The van der Waals surface area contributed by atoms with Crippen molar-refractivity contribution in [1.82, 2.24) is 4.98 Å². The van der Waals surface area contributed by atoms with Crippen LogP contribution in [-0.4, -0.2) is 11.5 Å². The number of nitrogens with zero attached hydrogens (tertiary/aromatic N) is 2. The van der Waals surface area contributed by atoms with Crippen molar-refractivity contribution in [3.63, 3.8) is 0 Å². The van der Waals surface area contributed by atoms with Gasteiger partial charge in [-0.15, -0.1) is 0 Å². The number of nitrogen functional groups attached to an aromatic ring is 1. The molecule has 0 fully saturated rings. The Morgan fingerprint density at radius 3 is 2.85 bits per heavy atom. The van der Waals surface area contributed by atoms with Crippen molar-refractivity contribution in [3.05, 3.63) is 51.8 Å². The van der Waals surface area contributed by atoms with E-state index in [4.69, 9.17) is 28.9 Å². The van der Waals surface area contributed by atoms with E-state index >= 15 is 0 Å². The molecule has 5 heteroatoms. The van der Waals surface area contributed by atoms with Gasteiger partial charge < -0.3 is 10.6 Å². The first-order chi connectivity index (χ1) is 9.65. The van der Waals surface area contributed by atoms with E-state index in [9.17, 15) is 0 Å². The number of halogens is 2. The highest BCUT2D eigenvalue weighted by atomic mass is 35.5. The Kier molecular flexibility index (Phi) is 3.72. The first-order valence-electron chi connectivity index (χ1n) is 6.58. The van der Waals surface area contributed by atoms with Gasteiger partial charge >= 0.3 is 0 Å². The predicted octanol–water partition coefficient (Wildman–Crippen LogP) is 3.92. The molecule has 0 aliphatic carbocycles. The minimum atomic E-state index is 0.419. The van der Waals surface area contributed by atoms with Crippen molar-refractivity contribution >= 4 is 34.6 Å². The second-order valence-electron chi connectivity index (χ2n) is 4.95. The van der Waals surface area contributed by atoms with E-state index in [1.807, 2.05) is 18.2 Å². The molecule has 2 heterocycles. The number of aromatic nitrogens is 1. The smallest absolute Gasteiger partial charge is 0.135 e. The van der Waals surface area contributed by atoms with Crippen LogP contribution in [0.4, 0.5) is 11.4 Å². The van der Waals surface area contributed by atoms with Gasteiger partial charge in [-0.05, 0) is 36.6 Å². The van der Waals surface area contributed by atoms with Crippen LogP contribution < -0.4 is 10.6 Å². The summed E-state index contributed by atoms with van der Waals surface area (Å²) >= 11 is 12.0. The number of benzene rings is 1. The number of rotatable bonds is 2. The number of nitrogens with two attached hydrogens (primary N) is 1. The van der Waals surface area contributed by atoms with Gasteiger partial charge in [0.2, 0.25) is 0 Å². The lowest BCUT2D eigenvalue weighted by atomic mass is 9.99. The maximum Gasteiger partial charge on any atom is 0.135 e. The number of hydrogen-bond donors (Lipinski definition) is 1. The van der Waals surface area contributed by atoms with Crippen LogP contribution in [0.5, 0.6) is 0 Å². The summed E-state index contributed by atoms with van der Waals surface area (Å²) in [5.74, 6) is 0. The fourth-order valence-corrected chi connectivity index (χ4v) is 3.06. The van der Waals surface area contributed by atoms with Gasteiger partial charge in [-0.1, -0.05) is 35.3 Å². The molecule has 0 spiro atoms. The summed E-state index contributed by atoms with van der Waals surface area (Å²) in [4.78, 5) is 6.39. The Morgan fingerprint density at radius 2 is 2.05 bits per heavy atom. The van der Waals surface area contributed by atoms with Crippen molar-refractivity contribution < 1.29 is 0 Å². The van der Waals surface area contributed by atoms with Crippen LogP contribution in [0.15, 0.2) is 30.3 Å². The summed E-state index contributed by atoms with van der Waals surface area (Å²) in [6.07, 6.45) is 2.13. The molecule has 0 atom stereocenters. The lowest BCUT2D eigenvalue weighted by molar-refractivity contribution is 0.691. The molecule has 0 amide bonds. The zero-order valence-corrected chi connectivity index (χ0v) is 12.5. The number of fused-ring (bicyclic) bond motifs is 1. The van der Waals surface area contributed by atoms with E-state index in [0.29, 0.717) is 10.3 Å². The molecule has 0 saturated carbocycles. The molecule has 104 valence electrons. The number of pyridine rings is 1. The van der Waals surface area contributed by atoms with Gasteiger partial charge in [0, 0.05) is 30.0 Å². The SMILES string of the molecule is Nc1cccc2c1CCCN2Cc1ccc(Cl)nc1Cl. The van der Waals surface area contributed by atoms with Crippen molar-refractivity contribution in [2.45, 2.75) is 19.4 Å². The number of hydrogen-bond acceptors (Lipinski definition) is 3. The minimum Gasteiger partial charge on any atom is -0.398 e.